The third-order valence-corrected chi connectivity index (χ3v) is 2.17. The second kappa shape index (κ2) is 4.97. The zero-order valence-corrected chi connectivity index (χ0v) is 7.11. The summed E-state index contributed by atoms with van der Waals surface area (Å²) in [6.45, 7) is 3.69. The Balaban J connectivity index is 2.02. The van der Waals surface area contributed by atoms with Gasteiger partial charge in [-0.05, 0) is 45.3 Å². The van der Waals surface area contributed by atoms with Crippen LogP contribution in [-0.2, 0) is 0 Å². The van der Waals surface area contributed by atoms with Gasteiger partial charge in [0.15, 0.2) is 0 Å². The molecular formula is C8H15ClN. The predicted octanol–water partition coefficient (Wildman–Crippen LogP) is 1.92. The lowest BCUT2D eigenvalue weighted by molar-refractivity contribution is 0.255. The number of halogens is 1. The van der Waals surface area contributed by atoms with Gasteiger partial charge in [-0.15, -0.1) is 11.6 Å². The minimum Gasteiger partial charge on any atom is -0.303 e. The van der Waals surface area contributed by atoms with Crippen molar-refractivity contribution in [3.8, 4) is 0 Å². The molecule has 0 amide bonds. The van der Waals surface area contributed by atoms with Crippen molar-refractivity contribution in [2.45, 2.75) is 19.3 Å². The van der Waals surface area contributed by atoms with Gasteiger partial charge in [-0.3, -0.25) is 0 Å². The van der Waals surface area contributed by atoms with Gasteiger partial charge in [0.25, 0.3) is 0 Å². The molecule has 1 fully saturated rings. The van der Waals surface area contributed by atoms with Crippen molar-refractivity contribution >= 4 is 11.6 Å². The Morgan fingerprint density at radius 1 is 1.30 bits per heavy atom. The lowest BCUT2D eigenvalue weighted by Crippen LogP contribution is -2.30. The van der Waals surface area contributed by atoms with Crippen LogP contribution in [0.2, 0.25) is 0 Å². The molecule has 1 rings (SSSR count). The van der Waals surface area contributed by atoms with E-state index >= 15 is 0 Å². The zero-order chi connectivity index (χ0) is 7.23. The summed E-state index contributed by atoms with van der Waals surface area (Å²) in [7, 11) is 0. The fourth-order valence-corrected chi connectivity index (χ4v) is 1.43. The highest BCUT2D eigenvalue weighted by Gasteiger charge is 2.08. The Hall–Kier alpha value is 0.250. The standard InChI is InChI=1S/C8H15ClN/c9-5-4-8-10-6-2-1-3-7-10/h1H,2-8H2. The summed E-state index contributed by atoms with van der Waals surface area (Å²) < 4.78 is 0. The van der Waals surface area contributed by atoms with Crippen LogP contribution in [0.1, 0.15) is 19.3 Å². The number of rotatable bonds is 3. The Morgan fingerprint density at radius 2 is 2.00 bits per heavy atom. The first-order valence-corrected chi connectivity index (χ1v) is 4.57. The molecule has 0 atom stereocenters. The Morgan fingerprint density at radius 3 is 2.60 bits per heavy atom. The molecular weight excluding hydrogens is 146 g/mol. The molecule has 0 aliphatic carbocycles. The van der Waals surface area contributed by atoms with E-state index in [1.807, 2.05) is 0 Å². The summed E-state index contributed by atoms with van der Waals surface area (Å²) in [4.78, 5) is 2.49. The molecule has 0 aromatic carbocycles. The normalized spacial score (nSPS) is 21.3. The molecule has 1 nitrogen and oxygen atoms in total. The van der Waals surface area contributed by atoms with Gasteiger partial charge in [0.2, 0.25) is 0 Å². The average molecular weight is 161 g/mol. The second-order valence-electron chi connectivity index (χ2n) is 2.75. The van der Waals surface area contributed by atoms with E-state index in [-0.39, 0.29) is 0 Å². The molecule has 0 N–H and O–H groups in total. The lowest BCUT2D eigenvalue weighted by Gasteiger charge is -2.25. The summed E-state index contributed by atoms with van der Waals surface area (Å²) in [5, 5.41) is 0. The first-order chi connectivity index (χ1) is 4.93. The van der Waals surface area contributed by atoms with Crippen molar-refractivity contribution < 1.29 is 0 Å². The van der Waals surface area contributed by atoms with Gasteiger partial charge in [-0.2, -0.15) is 0 Å². The van der Waals surface area contributed by atoms with Gasteiger partial charge < -0.3 is 4.90 Å². The van der Waals surface area contributed by atoms with E-state index in [1.165, 1.54) is 32.5 Å². The SMILES string of the molecule is ClCCCN1CC[CH]CC1. The first-order valence-electron chi connectivity index (χ1n) is 4.03. The number of alkyl halides is 1. The minimum atomic E-state index is 0.806. The van der Waals surface area contributed by atoms with Crippen molar-refractivity contribution in [3.05, 3.63) is 6.42 Å². The van der Waals surface area contributed by atoms with E-state index in [0.717, 1.165) is 12.3 Å². The molecule has 59 valence electrons. The molecule has 0 spiro atoms. The average Bonchev–Trinajstić information content (AvgIpc) is 2.03. The van der Waals surface area contributed by atoms with Crippen LogP contribution in [-0.4, -0.2) is 30.4 Å². The number of likely N-dealkylation sites (tertiary alicyclic amines) is 1. The van der Waals surface area contributed by atoms with E-state index < -0.39 is 0 Å². The maximum Gasteiger partial charge on any atom is 0.0235 e. The van der Waals surface area contributed by atoms with Crippen molar-refractivity contribution in [3.63, 3.8) is 0 Å². The number of piperidine rings is 1. The van der Waals surface area contributed by atoms with Gasteiger partial charge >= 0.3 is 0 Å². The van der Waals surface area contributed by atoms with Crippen LogP contribution in [0, 0.1) is 6.42 Å². The molecule has 2 heteroatoms. The first kappa shape index (κ1) is 8.35. The van der Waals surface area contributed by atoms with Gasteiger partial charge in [-0.25, -0.2) is 0 Å². The summed E-state index contributed by atoms with van der Waals surface area (Å²) in [5.41, 5.74) is 0. The van der Waals surface area contributed by atoms with Crippen LogP contribution < -0.4 is 0 Å². The third kappa shape index (κ3) is 2.89. The van der Waals surface area contributed by atoms with Crippen LogP contribution in [0.3, 0.4) is 0 Å². The van der Waals surface area contributed by atoms with Gasteiger partial charge in [0.1, 0.15) is 0 Å². The smallest absolute Gasteiger partial charge is 0.0235 e. The highest BCUT2D eigenvalue weighted by Crippen LogP contribution is 2.07. The molecule has 0 bridgehead atoms. The van der Waals surface area contributed by atoms with Crippen LogP contribution >= 0.6 is 11.6 Å². The number of hydrogen-bond donors (Lipinski definition) is 0. The molecule has 0 aromatic heterocycles. The predicted molar refractivity (Wildman–Crippen MR) is 45.3 cm³/mol. The number of hydrogen-bond acceptors (Lipinski definition) is 1. The molecule has 1 aliphatic rings. The quantitative estimate of drug-likeness (QED) is 0.571. The monoisotopic (exact) mass is 160 g/mol. The summed E-state index contributed by atoms with van der Waals surface area (Å²) >= 11 is 5.59. The number of nitrogens with zero attached hydrogens (tertiary/aromatic N) is 1. The Bertz CT molecular complexity index is 79.3. The maximum absolute atomic E-state index is 5.59. The molecule has 0 saturated carbocycles. The topological polar surface area (TPSA) is 3.24 Å². The van der Waals surface area contributed by atoms with E-state index in [9.17, 15) is 0 Å². The van der Waals surface area contributed by atoms with Gasteiger partial charge in [-0.1, -0.05) is 0 Å². The highest BCUT2D eigenvalue weighted by molar-refractivity contribution is 6.17. The molecule has 0 aromatic rings. The second-order valence-corrected chi connectivity index (χ2v) is 3.13. The third-order valence-electron chi connectivity index (χ3n) is 1.91. The summed E-state index contributed by atoms with van der Waals surface area (Å²) in [6, 6.07) is 0. The molecule has 1 heterocycles. The van der Waals surface area contributed by atoms with Crippen molar-refractivity contribution in [1.29, 1.82) is 0 Å². The molecule has 1 radical (unpaired) electrons. The fourth-order valence-electron chi connectivity index (χ4n) is 1.31. The van der Waals surface area contributed by atoms with Gasteiger partial charge in [0.05, 0.1) is 0 Å². The summed E-state index contributed by atoms with van der Waals surface area (Å²) in [6.07, 6.45) is 6.04. The van der Waals surface area contributed by atoms with E-state index in [1.54, 1.807) is 0 Å². The highest BCUT2D eigenvalue weighted by atomic mass is 35.5. The largest absolute Gasteiger partial charge is 0.303 e. The van der Waals surface area contributed by atoms with Crippen LogP contribution in [0.5, 0.6) is 0 Å². The summed E-state index contributed by atoms with van der Waals surface area (Å²) in [5.74, 6) is 0.806. The molecule has 1 saturated heterocycles. The van der Waals surface area contributed by atoms with E-state index in [2.05, 4.69) is 11.3 Å². The Kier molecular flexibility index (Phi) is 4.15. The maximum atomic E-state index is 5.59. The van der Waals surface area contributed by atoms with E-state index in [0.29, 0.717) is 0 Å². The fraction of sp³-hybridized carbons (Fsp3) is 0.875. The molecule has 0 unspecified atom stereocenters. The van der Waals surface area contributed by atoms with Crippen LogP contribution in [0.15, 0.2) is 0 Å². The Labute approximate surface area is 68.4 Å². The van der Waals surface area contributed by atoms with Crippen molar-refractivity contribution in [2.75, 3.05) is 25.5 Å². The zero-order valence-electron chi connectivity index (χ0n) is 6.35. The van der Waals surface area contributed by atoms with Gasteiger partial charge in [0, 0.05) is 5.88 Å². The minimum absolute atomic E-state index is 0.806. The molecule has 10 heavy (non-hydrogen) atoms. The molecule has 1 aliphatic heterocycles. The van der Waals surface area contributed by atoms with Crippen molar-refractivity contribution in [1.82, 2.24) is 4.90 Å². The van der Waals surface area contributed by atoms with Crippen LogP contribution in [0.25, 0.3) is 0 Å². The van der Waals surface area contributed by atoms with Crippen LogP contribution in [0.4, 0.5) is 0 Å². The lowest BCUT2D eigenvalue weighted by atomic mass is 10.1. The van der Waals surface area contributed by atoms with E-state index in [4.69, 9.17) is 11.6 Å². The van der Waals surface area contributed by atoms with Crippen molar-refractivity contribution in [2.24, 2.45) is 0 Å².